The minimum absolute atomic E-state index is 0.0109. The number of rotatable bonds is 8. The van der Waals surface area contributed by atoms with Crippen LogP contribution >= 0.6 is 23.7 Å². The molecule has 0 saturated carbocycles. The number of aromatic nitrogens is 3. The van der Waals surface area contributed by atoms with Gasteiger partial charge in [0.25, 0.3) is 0 Å². The molecule has 0 bridgehead atoms. The Balaban J connectivity index is 1.44. The molecule has 0 spiro atoms. The molecule has 1 aliphatic heterocycles. The number of nitrogens with zero attached hydrogens (tertiary/aromatic N) is 4. The van der Waals surface area contributed by atoms with E-state index in [2.05, 4.69) is 82.7 Å². The van der Waals surface area contributed by atoms with E-state index in [0.29, 0.717) is 24.8 Å². The molecule has 1 aliphatic rings. The molecule has 43 heavy (non-hydrogen) atoms. The van der Waals surface area contributed by atoms with Gasteiger partial charge in [-0.3, -0.25) is 14.1 Å². The second kappa shape index (κ2) is 12.6. The summed E-state index contributed by atoms with van der Waals surface area (Å²) < 4.78 is 8.07. The number of fused-ring (bicyclic) bond motifs is 1. The molecule has 0 unspecified atom stereocenters. The minimum atomic E-state index is -0.0109. The zero-order valence-electron chi connectivity index (χ0n) is 24.6. The number of nitrogens with one attached hydrogen (secondary N) is 1. The second-order valence-corrected chi connectivity index (χ2v) is 12.7. The SMILES string of the molecule is CC(=O)N1CCOc2ccc(-c3nc(N(CSc4ccc(C)cc4)Sc4ccc(C)cc4)[nH]c3-c3ccnc(C)c3)cc21. The van der Waals surface area contributed by atoms with Gasteiger partial charge in [-0.2, -0.15) is 0 Å². The van der Waals surface area contributed by atoms with Gasteiger partial charge in [0, 0.05) is 39.7 Å². The molecule has 2 aromatic heterocycles. The maximum atomic E-state index is 12.5. The third-order valence-corrected chi connectivity index (χ3v) is 9.36. The van der Waals surface area contributed by atoms with Gasteiger partial charge in [0.1, 0.15) is 12.4 Å². The highest BCUT2D eigenvalue weighted by atomic mass is 32.2. The molecule has 3 aromatic carbocycles. The molecule has 0 radical (unpaired) electrons. The molecule has 6 rings (SSSR count). The maximum Gasteiger partial charge on any atom is 0.224 e. The fraction of sp³-hybridized carbons (Fsp3) is 0.206. The van der Waals surface area contributed by atoms with E-state index >= 15 is 0 Å². The molecule has 3 heterocycles. The fourth-order valence-electron chi connectivity index (χ4n) is 4.91. The van der Waals surface area contributed by atoms with Gasteiger partial charge in [-0.25, -0.2) is 4.98 Å². The number of pyridine rings is 1. The summed E-state index contributed by atoms with van der Waals surface area (Å²) in [6.45, 7) is 8.76. The van der Waals surface area contributed by atoms with E-state index in [1.54, 1.807) is 35.5 Å². The third-order valence-electron chi connectivity index (χ3n) is 7.19. The summed E-state index contributed by atoms with van der Waals surface area (Å²) in [5, 5.41) is 0. The largest absolute Gasteiger partial charge is 0.490 e. The maximum absolute atomic E-state index is 12.5. The summed E-state index contributed by atoms with van der Waals surface area (Å²) in [5.41, 5.74) is 7.71. The molecular weight excluding hydrogens is 575 g/mol. The molecule has 5 aromatic rings. The van der Waals surface area contributed by atoms with Gasteiger partial charge in [-0.1, -0.05) is 35.4 Å². The van der Waals surface area contributed by atoms with E-state index in [1.807, 2.05) is 37.4 Å². The van der Waals surface area contributed by atoms with Crippen LogP contribution in [0.4, 0.5) is 11.6 Å². The van der Waals surface area contributed by atoms with Gasteiger partial charge >= 0.3 is 0 Å². The average Bonchev–Trinajstić information content (AvgIpc) is 3.46. The molecule has 1 N–H and O–H groups in total. The number of carbonyl (C=O) groups is 1. The van der Waals surface area contributed by atoms with Crippen molar-refractivity contribution in [3.05, 3.63) is 102 Å². The summed E-state index contributed by atoms with van der Waals surface area (Å²) in [7, 11) is 0. The Labute approximate surface area is 260 Å². The van der Waals surface area contributed by atoms with Gasteiger partial charge in [-0.05, 0) is 87.3 Å². The Morgan fingerprint density at radius 3 is 2.35 bits per heavy atom. The van der Waals surface area contributed by atoms with Crippen molar-refractivity contribution in [1.82, 2.24) is 15.0 Å². The number of amides is 1. The lowest BCUT2D eigenvalue weighted by Crippen LogP contribution is -2.36. The van der Waals surface area contributed by atoms with E-state index < -0.39 is 0 Å². The Bertz CT molecular complexity index is 1750. The minimum Gasteiger partial charge on any atom is -0.490 e. The van der Waals surface area contributed by atoms with E-state index in [1.165, 1.54) is 16.0 Å². The van der Waals surface area contributed by atoms with Crippen LogP contribution in [0.15, 0.2) is 94.9 Å². The van der Waals surface area contributed by atoms with Gasteiger partial charge in [0.2, 0.25) is 11.9 Å². The molecule has 1 amide bonds. The van der Waals surface area contributed by atoms with Crippen LogP contribution in [0.1, 0.15) is 23.7 Å². The van der Waals surface area contributed by atoms with Gasteiger partial charge in [-0.15, -0.1) is 11.8 Å². The van der Waals surface area contributed by atoms with Gasteiger partial charge in [0.05, 0.1) is 29.5 Å². The average molecular weight is 608 g/mol. The van der Waals surface area contributed by atoms with Gasteiger partial charge in [0.15, 0.2) is 0 Å². The lowest BCUT2D eigenvalue weighted by molar-refractivity contribution is -0.116. The lowest BCUT2D eigenvalue weighted by Gasteiger charge is -2.29. The quantitative estimate of drug-likeness (QED) is 0.109. The van der Waals surface area contributed by atoms with E-state index in [9.17, 15) is 4.79 Å². The zero-order chi connectivity index (χ0) is 29.9. The summed E-state index contributed by atoms with van der Waals surface area (Å²) in [4.78, 5) is 29.8. The topological polar surface area (TPSA) is 74.4 Å². The Hall–Kier alpha value is -4.21. The predicted molar refractivity (Wildman–Crippen MR) is 177 cm³/mol. The number of benzene rings is 3. The Kier molecular flexibility index (Phi) is 8.44. The first-order valence-corrected chi connectivity index (χ1v) is 15.9. The van der Waals surface area contributed by atoms with Crippen molar-refractivity contribution in [2.24, 2.45) is 0 Å². The van der Waals surface area contributed by atoms with Crippen molar-refractivity contribution in [3.63, 3.8) is 0 Å². The summed E-state index contributed by atoms with van der Waals surface area (Å²) in [6.07, 6.45) is 1.82. The Morgan fingerprint density at radius 2 is 1.65 bits per heavy atom. The van der Waals surface area contributed by atoms with Crippen LogP contribution in [0.2, 0.25) is 0 Å². The normalized spacial score (nSPS) is 12.5. The zero-order valence-corrected chi connectivity index (χ0v) is 26.3. The van der Waals surface area contributed by atoms with Crippen LogP contribution in [-0.2, 0) is 4.79 Å². The van der Waals surface area contributed by atoms with Crippen molar-refractivity contribution >= 4 is 41.3 Å². The number of H-pyrrole nitrogens is 1. The van der Waals surface area contributed by atoms with E-state index in [4.69, 9.17) is 9.72 Å². The number of carbonyl (C=O) groups excluding carboxylic acids is 1. The van der Waals surface area contributed by atoms with Crippen molar-refractivity contribution in [2.75, 3.05) is 28.2 Å². The fourth-order valence-corrected chi connectivity index (χ4v) is 6.69. The van der Waals surface area contributed by atoms with Crippen molar-refractivity contribution < 1.29 is 9.53 Å². The van der Waals surface area contributed by atoms with Crippen LogP contribution in [-0.4, -0.2) is 39.9 Å². The number of anilines is 2. The molecule has 218 valence electrons. The first-order chi connectivity index (χ1) is 20.8. The number of hydrogen-bond donors (Lipinski definition) is 1. The molecule has 0 atom stereocenters. The second-order valence-electron chi connectivity index (χ2n) is 10.5. The van der Waals surface area contributed by atoms with Crippen molar-refractivity contribution in [3.8, 4) is 28.3 Å². The number of thioether (sulfide) groups is 1. The van der Waals surface area contributed by atoms with E-state index in [-0.39, 0.29) is 5.91 Å². The van der Waals surface area contributed by atoms with Gasteiger partial charge < -0.3 is 14.6 Å². The molecular formula is C34H33N5O2S2. The van der Waals surface area contributed by atoms with Crippen LogP contribution in [0, 0.1) is 20.8 Å². The van der Waals surface area contributed by atoms with Crippen LogP contribution in [0.3, 0.4) is 0 Å². The molecule has 0 fully saturated rings. The van der Waals surface area contributed by atoms with Crippen LogP contribution < -0.4 is 13.9 Å². The third kappa shape index (κ3) is 6.58. The molecule has 0 saturated heterocycles. The Morgan fingerprint density at radius 1 is 0.930 bits per heavy atom. The van der Waals surface area contributed by atoms with E-state index in [0.717, 1.165) is 44.7 Å². The number of ether oxygens (including phenoxy) is 1. The van der Waals surface area contributed by atoms with Crippen molar-refractivity contribution in [1.29, 1.82) is 0 Å². The highest BCUT2D eigenvalue weighted by Gasteiger charge is 2.25. The first-order valence-electron chi connectivity index (χ1n) is 14.1. The predicted octanol–water partition coefficient (Wildman–Crippen LogP) is 8.07. The summed E-state index contributed by atoms with van der Waals surface area (Å²) in [5.74, 6) is 2.10. The first kappa shape index (κ1) is 28.9. The highest BCUT2D eigenvalue weighted by molar-refractivity contribution is 8.04. The highest BCUT2D eigenvalue weighted by Crippen LogP contribution is 2.41. The number of hydrogen-bond acceptors (Lipinski definition) is 7. The molecule has 9 heteroatoms. The van der Waals surface area contributed by atoms with Crippen molar-refractivity contribution in [2.45, 2.75) is 37.5 Å². The number of imidazole rings is 1. The molecule has 0 aliphatic carbocycles. The smallest absolute Gasteiger partial charge is 0.224 e. The number of aromatic amines is 1. The lowest BCUT2D eigenvalue weighted by atomic mass is 10.0. The monoisotopic (exact) mass is 607 g/mol. The number of aryl methyl sites for hydroxylation is 3. The standard InChI is InChI=1S/C34H33N5O2S2/c1-22-5-10-28(11-6-22)42-21-39(43-29-12-7-23(2)8-13-29)34-36-32(33(37-34)27-15-16-35-24(3)19-27)26-9-14-31-30(20-26)38(25(4)40)17-18-41-31/h5-16,19-20H,17-18,21H2,1-4H3,(H,36,37). The van der Waals surface area contributed by atoms with Crippen LogP contribution in [0.5, 0.6) is 5.75 Å². The summed E-state index contributed by atoms with van der Waals surface area (Å²) >= 11 is 3.41. The molecule has 7 nitrogen and oxygen atoms in total. The van der Waals surface area contributed by atoms with Crippen LogP contribution in [0.25, 0.3) is 22.5 Å². The summed E-state index contributed by atoms with van der Waals surface area (Å²) in [6, 6.07) is 27.1.